The second kappa shape index (κ2) is 3.11. The van der Waals surface area contributed by atoms with E-state index in [1.54, 1.807) is 6.07 Å². The standard InChI is InChI=1S/C11H14FN/c1-7-3-5-9(12)8-4-6-10(13-2)11(7)8/h3,5,10,13H,4,6H2,1-2H3. The maximum Gasteiger partial charge on any atom is 0.126 e. The lowest BCUT2D eigenvalue weighted by molar-refractivity contribution is 0.587. The molecule has 1 atom stereocenters. The molecule has 0 saturated carbocycles. The molecule has 1 aliphatic carbocycles. The third-order valence-electron chi connectivity index (χ3n) is 2.90. The van der Waals surface area contributed by atoms with Crippen LogP contribution in [0.25, 0.3) is 0 Å². The lowest BCUT2D eigenvalue weighted by atomic mass is 10.0. The van der Waals surface area contributed by atoms with Gasteiger partial charge in [-0.3, -0.25) is 0 Å². The molecule has 1 aromatic carbocycles. The Hall–Kier alpha value is -0.890. The number of fused-ring (bicyclic) bond motifs is 1. The van der Waals surface area contributed by atoms with Crippen LogP contribution in [-0.2, 0) is 6.42 Å². The molecular formula is C11H14FN. The summed E-state index contributed by atoms with van der Waals surface area (Å²) in [6, 6.07) is 3.79. The van der Waals surface area contributed by atoms with Gasteiger partial charge in [0, 0.05) is 6.04 Å². The van der Waals surface area contributed by atoms with Crippen LogP contribution in [0.4, 0.5) is 4.39 Å². The summed E-state index contributed by atoms with van der Waals surface area (Å²) < 4.78 is 13.4. The zero-order chi connectivity index (χ0) is 9.42. The van der Waals surface area contributed by atoms with Crippen molar-refractivity contribution in [1.82, 2.24) is 5.32 Å². The number of halogens is 1. The summed E-state index contributed by atoms with van der Waals surface area (Å²) >= 11 is 0. The third-order valence-corrected chi connectivity index (χ3v) is 2.90. The molecule has 0 amide bonds. The minimum Gasteiger partial charge on any atom is -0.313 e. The van der Waals surface area contributed by atoms with Crippen molar-refractivity contribution in [3.63, 3.8) is 0 Å². The molecule has 2 rings (SSSR count). The summed E-state index contributed by atoms with van der Waals surface area (Å²) in [5, 5.41) is 3.22. The fourth-order valence-corrected chi connectivity index (χ4v) is 2.22. The predicted octanol–water partition coefficient (Wildman–Crippen LogP) is 2.34. The first-order valence-electron chi connectivity index (χ1n) is 4.69. The Morgan fingerprint density at radius 3 is 2.92 bits per heavy atom. The first-order chi connectivity index (χ1) is 6.24. The number of hydrogen-bond acceptors (Lipinski definition) is 1. The van der Waals surface area contributed by atoms with Crippen molar-refractivity contribution >= 4 is 0 Å². The highest BCUT2D eigenvalue weighted by Gasteiger charge is 2.25. The van der Waals surface area contributed by atoms with Crippen molar-refractivity contribution in [2.45, 2.75) is 25.8 Å². The van der Waals surface area contributed by atoms with Gasteiger partial charge in [-0.2, -0.15) is 0 Å². The summed E-state index contributed by atoms with van der Waals surface area (Å²) in [5.74, 6) is -0.0432. The SMILES string of the molecule is CNC1CCc2c(F)ccc(C)c21. The fourth-order valence-electron chi connectivity index (χ4n) is 2.22. The van der Waals surface area contributed by atoms with E-state index in [0.29, 0.717) is 6.04 Å². The average molecular weight is 179 g/mol. The molecule has 1 unspecified atom stereocenters. The monoisotopic (exact) mass is 179 g/mol. The summed E-state index contributed by atoms with van der Waals surface area (Å²) in [7, 11) is 1.93. The Labute approximate surface area is 78.0 Å². The molecule has 1 aliphatic rings. The minimum atomic E-state index is -0.0432. The molecule has 0 aliphatic heterocycles. The molecule has 13 heavy (non-hydrogen) atoms. The second-order valence-electron chi connectivity index (χ2n) is 3.64. The lowest BCUT2D eigenvalue weighted by Crippen LogP contribution is -2.14. The van der Waals surface area contributed by atoms with E-state index in [1.165, 1.54) is 11.1 Å². The highest BCUT2D eigenvalue weighted by atomic mass is 19.1. The summed E-state index contributed by atoms with van der Waals surface area (Å²) in [4.78, 5) is 0. The van der Waals surface area contributed by atoms with Gasteiger partial charge in [-0.05, 0) is 49.6 Å². The summed E-state index contributed by atoms with van der Waals surface area (Å²) in [5.41, 5.74) is 3.30. The van der Waals surface area contributed by atoms with E-state index in [4.69, 9.17) is 0 Å². The van der Waals surface area contributed by atoms with Crippen LogP contribution in [0.3, 0.4) is 0 Å². The van der Waals surface area contributed by atoms with Gasteiger partial charge in [-0.1, -0.05) is 6.07 Å². The van der Waals surface area contributed by atoms with Gasteiger partial charge in [0.2, 0.25) is 0 Å². The van der Waals surface area contributed by atoms with Gasteiger partial charge >= 0.3 is 0 Å². The number of hydrogen-bond donors (Lipinski definition) is 1. The Morgan fingerprint density at radius 2 is 2.23 bits per heavy atom. The molecule has 0 radical (unpaired) electrons. The predicted molar refractivity (Wildman–Crippen MR) is 51.3 cm³/mol. The number of nitrogens with one attached hydrogen (secondary N) is 1. The molecular weight excluding hydrogens is 165 g/mol. The largest absolute Gasteiger partial charge is 0.313 e. The van der Waals surface area contributed by atoms with Crippen molar-refractivity contribution in [2.24, 2.45) is 0 Å². The quantitative estimate of drug-likeness (QED) is 0.697. The molecule has 70 valence electrons. The number of aryl methyl sites for hydroxylation is 1. The van der Waals surface area contributed by atoms with Crippen LogP contribution >= 0.6 is 0 Å². The van der Waals surface area contributed by atoms with E-state index in [-0.39, 0.29) is 5.82 Å². The van der Waals surface area contributed by atoms with E-state index in [1.807, 2.05) is 20.0 Å². The van der Waals surface area contributed by atoms with E-state index < -0.39 is 0 Å². The van der Waals surface area contributed by atoms with E-state index in [0.717, 1.165) is 18.4 Å². The van der Waals surface area contributed by atoms with Gasteiger partial charge < -0.3 is 5.32 Å². The van der Waals surface area contributed by atoms with Crippen LogP contribution in [0.5, 0.6) is 0 Å². The van der Waals surface area contributed by atoms with Crippen LogP contribution in [0.2, 0.25) is 0 Å². The highest BCUT2D eigenvalue weighted by Crippen LogP contribution is 2.34. The van der Waals surface area contributed by atoms with E-state index in [2.05, 4.69) is 5.32 Å². The molecule has 2 heteroatoms. The highest BCUT2D eigenvalue weighted by molar-refractivity contribution is 5.41. The first-order valence-corrected chi connectivity index (χ1v) is 4.69. The first kappa shape index (κ1) is 8.70. The third kappa shape index (κ3) is 1.25. The summed E-state index contributed by atoms with van der Waals surface area (Å²) in [6.07, 6.45) is 1.89. The Morgan fingerprint density at radius 1 is 1.46 bits per heavy atom. The molecule has 0 aromatic heterocycles. The Kier molecular flexibility index (Phi) is 2.08. The zero-order valence-corrected chi connectivity index (χ0v) is 8.02. The van der Waals surface area contributed by atoms with Crippen LogP contribution in [0, 0.1) is 12.7 Å². The molecule has 1 nitrogen and oxygen atoms in total. The minimum absolute atomic E-state index is 0.0432. The molecule has 0 saturated heterocycles. The number of benzene rings is 1. The maximum atomic E-state index is 13.4. The Bertz CT molecular complexity index is 333. The van der Waals surface area contributed by atoms with Crippen molar-refractivity contribution in [3.05, 3.63) is 34.6 Å². The second-order valence-corrected chi connectivity index (χ2v) is 3.64. The van der Waals surface area contributed by atoms with Crippen molar-refractivity contribution < 1.29 is 4.39 Å². The molecule has 1 N–H and O–H groups in total. The van der Waals surface area contributed by atoms with Gasteiger partial charge in [0.05, 0.1) is 0 Å². The smallest absolute Gasteiger partial charge is 0.126 e. The average Bonchev–Trinajstić information content (AvgIpc) is 2.56. The van der Waals surface area contributed by atoms with Crippen molar-refractivity contribution in [3.8, 4) is 0 Å². The van der Waals surface area contributed by atoms with Gasteiger partial charge in [-0.15, -0.1) is 0 Å². The van der Waals surface area contributed by atoms with Gasteiger partial charge in [0.15, 0.2) is 0 Å². The Balaban J connectivity index is 2.55. The van der Waals surface area contributed by atoms with Crippen LogP contribution < -0.4 is 5.32 Å². The van der Waals surface area contributed by atoms with E-state index >= 15 is 0 Å². The molecule has 0 heterocycles. The maximum absolute atomic E-state index is 13.4. The van der Waals surface area contributed by atoms with E-state index in [9.17, 15) is 4.39 Å². The molecule has 0 spiro atoms. The van der Waals surface area contributed by atoms with Gasteiger partial charge in [-0.25, -0.2) is 4.39 Å². The topological polar surface area (TPSA) is 12.0 Å². The number of rotatable bonds is 1. The van der Waals surface area contributed by atoms with Crippen LogP contribution in [0.15, 0.2) is 12.1 Å². The van der Waals surface area contributed by atoms with Gasteiger partial charge in [0.1, 0.15) is 5.82 Å². The van der Waals surface area contributed by atoms with Crippen molar-refractivity contribution in [2.75, 3.05) is 7.05 Å². The molecule has 0 bridgehead atoms. The lowest BCUT2D eigenvalue weighted by Gasteiger charge is -2.12. The van der Waals surface area contributed by atoms with Crippen molar-refractivity contribution in [1.29, 1.82) is 0 Å². The van der Waals surface area contributed by atoms with Crippen LogP contribution in [0.1, 0.15) is 29.2 Å². The molecule has 1 aromatic rings. The zero-order valence-electron chi connectivity index (χ0n) is 8.02. The van der Waals surface area contributed by atoms with Gasteiger partial charge in [0.25, 0.3) is 0 Å². The normalized spacial score (nSPS) is 20.4. The molecule has 0 fully saturated rings. The summed E-state index contributed by atoms with van der Waals surface area (Å²) in [6.45, 7) is 2.05. The fraction of sp³-hybridized carbons (Fsp3) is 0.455. The van der Waals surface area contributed by atoms with Crippen LogP contribution in [-0.4, -0.2) is 7.05 Å².